The molecule has 0 spiro atoms. The predicted molar refractivity (Wildman–Crippen MR) is 51.8 cm³/mol. The zero-order valence-electron chi connectivity index (χ0n) is 8.28. The van der Waals surface area contributed by atoms with Gasteiger partial charge in [0.15, 0.2) is 0 Å². The van der Waals surface area contributed by atoms with Crippen molar-refractivity contribution in [2.45, 2.75) is 34.1 Å². The van der Waals surface area contributed by atoms with Crippen LogP contribution in [-0.2, 0) is 0 Å². The van der Waals surface area contributed by atoms with E-state index in [1.807, 2.05) is 6.92 Å². The van der Waals surface area contributed by atoms with E-state index in [9.17, 15) is 0 Å². The van der Waals surface area contributed by atoms with Crippen LogP contribution < -0.4 is 5.32 Å². The van der Waals surface area contributed by atoms with Gasteiger partial charge in [0.25, 0.3) is 0 Å². The third-order valence-electron chi connectivity index (χ3n) is 1.68. The SMILES string of the molecule is C/C=C\CC.CC1(C)CNC1. The Bertz CT molecular complexity index is 108. The Morgan fingerprint density at radius 1 is 1.36 bits per heavy atom. The van der Waals surface area contributed by atoms with E-state index < -0.39 is 0 Å². The molecule has 0 aliphatic carbocycles. The van der Waals surface area contributed by atoms with E-state index >= 15 is 0 Å². The van der Waals surface area contributed by atoms with Crippen molar-refractivity contribution < 1.29 is 0 Å². The molecule has 1 aliphatic rings. The van der Waals surface area contributed by atoms with Gasteiger partial charge in [0.05, 0.1) is 0 Å². The first-order chi connectivity index (χ1) is 5.12. The smallest absolute Gasteiger partial charge is 0.00149 e. The standard InChI is InChI=1S/C5H11N.C5H10/c1-5(2)3-6-4-5;1-3-5-4-2/h6H,3-4H2,1-2H3;3,5H,4H2,1-2H3/b;5-3-. The van der Waals surface area contributed by atoms with Crippen LogP contribution in [0.5, 0.6) is 0 Å². The summed E-state index contributed by atoms with van der Waals surface area (Å²) < 4.78 is 0. The highest BCUT2D eigenvalue weighted by Gasteiger charge is 2.24. The van der Waals surface area contributed by atoms with Crippen LogP contribution in [0, 0.1) is 5.41 Å². The van der Waals surface area contributed by atoms with E-state index in [0.29, 0.717) is 5.41 Å². The molecule has 1 heterocycles. The van der Waals surface area contributed by atoms with Gasteiger partial charge in [0.2, 0.25) is 0 Å². The summed E-state index contributed by atoms with van der Waals surface area (Å²) in [5.41, 5.74) is 0.611. The van der Waals surface area contributed by atoms with Gasteiger partial charge in [-0.3, -0.25) is 0 Å². The van der Waals surface area contributed by atoms with Gasteiger partial charge in [-0.25, -0.2) is 0 Å². The molecule has 0 radical (unpaired) electrons. The second kappa shape index (κ2) is 5.36. The minimum absolute atomic E-state index is 0.611. The lowest BCUT2D eigenvalue weighted by Gasteiger charge is -2.35. The first-order valence-electron chi connectivity index (χ1n) is 4.44. The lowest BCUT2D eigenvalue weighted by molar-refractivity contribution is 0.226. The first-order valence-corrected chi connectivity index (χ1v) is 4.44. The second-order valence-corrected chi connectivity index (χ2v) is 3.75. The summed E-state index contributed by atoms with van der Waals surface area (Å²) in [5.74, 6) is 0. The van der Waals surface area contributed by atoms with Gasteiger partial charge >= 0.3 is 0 Å². The van der Waals surface area contributed by atoms with Crippen molar-refractivity contribution in [3.8, 4) is 0 Å². The normalized spacial score (nSPS) is 20.4. The summed E-state index contributed by atoms with van der Waals surface area (Å²) in [7, 11) is 0. The molecule has 0 amide bonds. The number of hydrogen-bond donors (Lipinski definition) is 1. The summed E-state index contributed by atoms with van der Waals surface area (Å²) in [6.07, 6.45) is 5.34. The van der Waals surface area contributed by atoms with E-state index in [-0.39, 0.29) is 0 Å². The quantitative estimate of drug-likeness (QED) is 0.574. The Balaban J connectivity index is 0.000000187. The van der Waals surface area contributed by atoms with Gasteiger partial charge in [-0.2, -0.15) is 0 Å². The number of hydrogen-bond acceptors (Lipinski definition) is 1. The highest BCUT2D eigenvalue weighted by atomic mass is 15.0. The Morgan fingerprint density at radius 2 is 1.82 bits per heavy atom. The van der Waals surface area contributed by atoms with Gasteiger partial charge in [-0.05, 0) is 18.8 Å². The van der Waals surface area contributed by atoms with Crippen molar-refractivity contribution in [2.75, 3.05) is 13.1 Å². The largest absolute Gasteiger partial charge is 0.316 e. The fourth-order valence-corrected chi connectivity index (χ4v) is 0.861. The predicted octanol–water partition coefficient (Wildman–Crippen LogP) is 2.59. The molecule has 0 atom stereocenters. The van der Waals surface area contributed by atoms with Crippen molar-refractivity contribution in [2.24, 2.45) is 5.41 Å². The molecular weight excluding hydrogens is 134 g/mol. The van der Waals surface area contributed by atoms with E-state index in [2.05, 4.69) is 38.2 Å². The molecule has 1 saturated heterocycles. The number of allylic oxidation sites excluding steroid dienone is 2. The lowest BCUT2D eigenvalue weighted by Crippen LogP contribution is -2.49. The fourth-order valence-electron chi connectivity index (χ4n) is 0.861. The zero-order valence-corrected chi connectivity index (χ0v) is 8.28. The molecule has 0 bridgehead atoms. The maximum atomic E-state index is 3.20. The summed E-state index contributed by atoms with van der Waals surface area (Å²) in [6.45, 7) is 11.1. The summed E-state index contributed by atoms with van der Waals surface area (Å²) in [5, 5.41) is 3.20. The van der Waals surface area contributed by atoms with Crippen LogP contribution >= 0.6 is 0 Å². The summed E-state index contributed by atoms with van der Waals surface area (Å²) in [4.78, 5) is 0. The van der Waals surface area contributed by atoms with E-state index in [1.165, 1.54) is 13.1 Å². The average Bonchev–Trinajstić information content (AvgIpc) is 1.88. The van der Waals surface area contributed by atoms with Gasteiger partial charge < -0.3 is 5.32 Å². The molecule has 1 heteroatoms. The Hall–Kier alpha value is -0.300. The van der Waals surface area contributed by atoms with Crippen molar-refractivity contribution >= 4 is 0 Å². The Kier molecular flexibility index (Phi) is 5.22. The number of rotatable bonds is 1. The molecule has 1 rings (SSSR count). The highest BCUT2D eigenvalue weighted by molar-refractivity contribution is 4.82. The Labute approximate surface area is 70.9 Å². The Morgan fingerprint density at radius 3 is 1.82 bits per heavy atom. The third kappa shape index (κ3) is 6.11. The molecule has 0 unspecified atom stereocenters. The van der Waals surface area contributed by atoms with Gasteiger partial charge in [0, 0.05) is 13.1 Å². The molecule has 0 aromatic carbocycles. The zero-order chi connectivity index (χ0) is 8.74. The van der Waals surface area contributed by atoms with Crippen molar-refractivity contribution in [1.29, 1.82) is 0 Å². The second-order valence-electron chi connectivity index (χ2n) is 3.75. The lowest BCUT2D eigenvalue weighted by atomic mass is 9.87. The molecule has 1 aliphatic heterocycles. The van der Waals surface area contributed by atoms with Crippen LogP contribution in [0.2, 0.25) is 0 Å². The monoisotopic (exact) mass is 155 g/mol. The minimum atomic E-state index is 0.611. The van der Waals surface area contributed by atoms with E-state index in [1.54, 1.807) is 0 Å². The molecule has 1 fully saturated rings. The van der Waals surface area contributed by atoms with Crippen molar-refractivity contribution in [1.82, 2.24) is 5.32 Å². The average molecular weight is 155 g/mol. The summed E-state index contributed by atoms with van der Waals surface area (Å²) >= 11 is 0. The van der Waals surface area contributed by atoms with Crippen LogP contribution in [0.3, 0.4) is 0 Å². The van der Waals surface area contributed by atoms with Crippen molar-refractivity contribution in [3.05, 3.63) is 12.2 Å². The van der Waals surface area contributed by atoms with Crippen LogP contribution in [0.1, 0.15) is 34.1 Å². The van der Waals surface area contributed by atoms with Crippen LogP contribution in [-0.4, -0.2) is 13.1 Å². The minimum Gasteiger partial charge on any atom is -0.316 e. The van der Waals surface area contributed by atoms with Gasteiger partial charge in [-0.15, -0.1) is 0 Å². The van der Waals surface area contributed by atoms with Crippen LogP contribution in [0.25, 0.3) is 0 Å². The molecule has 1 N–H and O–H groups in total. The summed E-state index contributed by atoms with van der Waals surface area (Å²) in [6, 6.07) is 0. The highest BCUT2D eigenvalue weighted by Crippen LogP contribution is 2.18. The molecule has 11 heavy (non-hydrogen) atoms. The number of nitrogens with one attached hydrogen (secondary N) is 1. The van der Waals surface area contributed by atoms with Crippen LogP contribution in [0.15, 0.2) is 12.2 Å². The topological polar surface area (TPSA) is 12.0 Å². The molecule has 66 valence electrons. The van der Waals surface area contributed by atoms with E-state index in [4.69, 9.17) is 0 Å². The maximum absolute atomic E-state index is 3.20. The fraction of sp³-hybridized carbons (Fsp3) is 0.800. The molecule has 0 aromatic heterocycles. The third-order valence-corrected chi connectivity index (χ3v) is 1.68. The first kappa shape index (κ1) is 10.7. The van der Waals surface area contributed by atoms with Gasteiger partial charge in [0.1, 0.15) is 0 Å². The maximum Gasteiger partial charge on any atom is 0.00149 e. The molecule has 0 aromatic rings. The van der Waals surface area contributed by atoms with Gasteiger partial charge in [-0.1, -0.05) is 32.9 Å². The van der Waals surface area contributed by atoms with E-state index in [0.717, 1.165) is 6.42 Å². The molecule has 1 nitrogen and oxygen atoms in total. The van der Waals surface area contributed by atoms with Crippen molar-refractivity contribution in [3.63, 3.8) is 0 Å². The molecular formula is C10H21N. The van der Waals surface area contributed by atoms with Crippen LogP contribution in [0.4, 0.5) is 0 Å². The molecule has 0 saturated carbocycles.